The molecule has 128 valence electrons. The minimum atomic E-state index is -0.183. The molecule has 0 bridgehead atoms. The zero-order valence-electron chi connectivity index (χ0n) is 13.9. The fourth-order valence-electron chi connectivity index (χ4n) is 2.60. The molecule has 1 aromatic heterocycles. The molecular formula is C17H22N4O3. The van der Waals surface area contributed by atoms with Crippen LogP contribution in [0, 0.1) is 0 Å². The third kappa shape index (κ3) is 3.98. The number of benzene rings is 1. The Labute approximate surface area is 141 Å². The summed E-state index contributed by atoms with van der Waals surface area (Å²) in [6, 6.07) is 9.24. The van der Waals surface area contributed by atoms with Crippen molar-refractivity contribution in [2.75, 3.05) is 20.2 Å². The second kappa shape index (κ2) is 7.25. The van der Waals surface area contributed by atoms with Crippen molar-refractivity contribution in [3.05, 3.63) is 42.7 Å². The molecule has 2 atom stereocenters. The lowest BCUT2D eigenvalue weighted by Crippen LogP contribution is -2.48. The Morgan fingerprint density at radius 3 is 2.96 bits per heavy atom. The molecule has 1 aliphatic rings. The average Bonchev–Trinajstić information content (AvgIpc) is 3.07. The summed E-state index contributed by atoms with van der Waals surface area (Å²) in [6.45, 7) is 3.46. The number of hydrogen-bond acceptors (Lipinski definition) is 4. The predicted molar refractivity (Wildman–Crippen MR) is 89.2 cm³/mol. The van der Waals surface area contributed by atoms with Gasteiger partial charge in [0.05, 0.1) is 13.1 Å². The second-order valence-corrected chi connectivity index (χ2v) is 5.96. The van der Waals surface area contributed by atoms with E-state index >= 15 is 0 Å². The van der Waals surface area contributed by atoms with Crippen LogP contribution in [0.1, 0.15) is 6.92 Å². The molecule has 0 aliphatic carbocycles. The van der Waals surface area contributed by atoms with Crippen molar-refractivity contribution in [1.29, 1.82) is 0 Å². The summed E-state index contributed by atoms with van der Waals surface area (Å²) >= 11 is 0. The molecule has 2 aromatic rings. The highest BCUT2D eigenvalue weighted by Gasteiger charge is 2.24. The number of carbonyl (C=O) groups excluding carboxylic acids is 1. The molecule has 1 aliphatic heterocycles. The van der Waals surface area contributed by atoms with E-state index in [-0.39, 0.29) is 18.2 Å². The number of nitrogens with zero attached hydrogens (tertiary/aromatic N) is 3. The van der Waals surface area contributed by atoms with Gasteiger partial charge >= 0.3 is 6.03 Å². The van der Waals surface area contributed by atoms with Crippen LogP contribution in [0.4, 0.5) is 4.79 Å². The number of likely N-dealkylation sites (N-methyl/N-ethyl adjacent to an activating group) is 1. The van der Waals surface area contributed by atoms with E-state index in [2.05, 4.69) is 10.4 Å². The number of carbonyl (C=O) groups is 1. The number of amides is 2. The summed E-state index contributed by atoms with van der Waals surface area (Å²) in [5.41, 5.74) is 0. The van der Waals surface area contributed by atoms with E-state index in [1.165, 1.54) is 0 Å². The predicted octanol–water partition coefficient (Wildman–Crippen LogP) is 1.75. The molecule has 7 nitrogen and oxygen atoms in total. The van der Waals surface area contributed by atoms with Gasteiger partial charge in [-0.15, -0.1) is 0 Å². The maximum Gasteiger partial charge on any atom is 0.317 e. The second-order valence-electron chi connectivity index (χ2n) is 5.96. The van der Waals surface area contributed by atoms with Crippen LogP contribution in [0.3, 0.4) is 0 Å². The van der Waals surface area contributed by atoms with Crippen molar-refractivity contribution in [2.24, 2.45) is 0 Å². The average molecular weight is 330 g/mol. The Balaban J connectivity index is 1.48. The van der Waals surface area contributed by atoms with Gasteiger partial charge in [0.2, 0.25) is 0 Å². The van der Waals surface area contributed by atoms with Crippen LogP contribution in [0.2, 0.25) is 0 Å². The van der Waals surface area contributed by atoms with Crippen LogP contribution in [0.15, 0.2) is 42.7 Å². The minimum Gasteiger partial charge on any atom is -0.486 e. The maximum absolute atomic E-state index is 12.3. The molecule has 0 spiro atoms. The van der Waals surface area contributed by atoms with E-state index in [0.717, 1.165) is 11.5 Å². The first-order chi connectivity index (χ1) is 11.6. The summed E-state index contributed by atoms with van der Waals surface area (Å²) in [5, 5.41) is 7.09. The summed E-state index contributed by atoms with van der Waals surface area (Å²) in [7, 11) is 1.75. The molecule has 1 N–H and O–H groups in total. The number of nitrogens with one attached hydrogen (secondary N) is 1. The van der Waals surface area contributed by atoms with Gasteiger partial charge in [0, 0.05) is 25.5 Å². The zero-order chi connectivity index (χ0) is 16.9. The molecule has 0 saturated heterocycles. The van der Waals surface area contributed by atoms with Crippen LogP contribution in [0.25, 0.3) is 0 Å². The van der Waals surface area contributed by atoms with Crippen LogP contribution in [-0.2, 0) is 6.54 Å². The Morgan fingerprint density at radius 1 is 1.42 bits per heavy atom. The van der Waals surface area contributed by atoms with Crippen LogP contribution in [-0.4, -0.2) is 53.1 Å². The van der Waals surface area contributed by atoms with Crippen molar-refractivity contribution >= 4 is 6.03 Å². The lowest BCUT2D eigenvalue weighted by Gasteiger charge is -2.30. The highest BCUT2D eigenvalue weighted by Crippen LogP contribution is 2.30. The van der Waals surface area contributed by atoms with Gasteiger partial charge in [-0.05, 0) is 25.1 Å². The van der Waals surface area contributed by atoms with E-state index in [1.54, 1.807) is 22.8 Å². The summed E-state index contributed by atoms with van der Waals surface area (Å²) in [6.07, 6.45) is 3.41. The summed E-state index contributed by atoms with van der Waals surface area (Å²) in [5.74, 6) is 1.46. The first-order valence-corrected chi connectivity index (χ1v) is 7.99. The molecule has 2 heterocycles. The third-order valence-electron chi connectivity index (χ3n) is 3.78. The van der Waals surface area contributed by atoms with Gasteiger partial charge in [0.25, 0.3) is 0 Å². The van der Waals surface area contributed by atoms with E-state index in [0.29, 0.717) is 19.7 Å². The fraction of sp³-hybridized carbons (Fsp3) is 0.412. The monoisotopic (exact) mass is 330 g/mol. The van der Waals surface area contributed by atoms with Gasteiger partial charge < -0.3 is 19.7 Å². The van der Waals surface area contributed by atoms with Crippen LogP contribution in [0.5, 0.6) is 11.5 Å². The van der Waals surface area contributed by atoms with Crippen LogP contribution >= 0.6 is 0 Å². The summed E-state index contributed by atoms with van der Waals surface area (Å²) < 4.78 is 13.3. The largest absolute Gasteiger partial charge is 0.486 e. The molecule has 0 radical (unpaired) electrons. The van der Waals surface area contributed by atoms with Gasteiger partial charge in [-0.1, -0.05) is 12.1 Å². The van der Waals surface area contributed by atoms with E-state index < -0.39 is 0 Å². The number of fused-ring (bicyclic) bond motifs is 1. The van der Waals surface area contributed by atoms with Crippen LogP contribution < -0.4 is 14.8 Å². The third-order valence-corrected chi connectivity index (χ3v) is 3.78. The molecule has 0 saturated carbocycles. The maximum atomic E-state index is 12.3. The van der Waals surface area contributed by atoms with Gasteiger partial charge in [0.1, 0.15) is 6.61 Å². The minimum absolute atomic E-state index is 0.0240. The zero-order valence-corrected chi connectivity index (χ0v) is 13.9. The smallest absolute Gasteiger partial charge is 0.317 e. The lowest BCUT2D eigenvalue weighted by molar-refractivity contribution is 0.0712. The van der Waals surface area contributed by atoms with Gasteiger partial charge in [-0.2, -0.15) is 5.10 Å². The van der Waals surface area contributed by atoms with Crippen molar-refractivity contribution in [3.8, 4) is 11.5 Å². The van der Waals surface area contributed by atoms with Gasteiger partial charge in [-0.25, -0.2) is 4.79 Å². The Bertz CT molecular complexity index is 674. The van der Waals surface area contributed by atoms with Gasteiger partial charge in [0.15, 0.2) is 17.6 Å². The van der Waals surface area contributed by atoms with Crippen molar-refractivity contribution < 1.29 is 14.3 Å². The number of aromatic nitrogens is 2. The molecule has 3 rings (SSSR count). The first kappa shape index (κ1) is 16.2. The van der Waals surface area contributed by atoms with Crippen molar-refractivity contribution in [2.45, 2.75) is 25.6 Å². The Kier molecular flexibility index (Phi) is 4.88. The topological polar surface area (TPSA) is 68.6 Å². The van der Waals surface area contributed by atoms with E-state index in [4.69, 9.17) is 9.47 Å². The molecule has 0 fully saturated rings. The fourth-order valence-corrected chi connectivity index (χ4v) is 2.60. The number of para-hydroxylation sites is 2. The van der Waals surface area contributed by atoms with E-state index in [1.807, 2.05) is 43.5 Å². The SMILES string of the molecule is C[C@@H](Cn1cccn1)NC(=O)N(C)C[C@@H]1COc2ccccc2O1. The number of urea groups is 1. The first-order valence-electron chi connectivity index (χ1n) is 7.99. The van der Waals surface area contributed by atoms with E-state index in [9.17, 15) is 4.79 Å². The standard InChI is InChI=1S/C17H22N4O3/c1-13(10-21-9-5-8-18-21)19-17(22)20(2)11-14-12-23-15-6-3-4-7-16(15)24-14/h3-9,13-14H,10-12H2,1-2H3,(H,19,22)/t13-,14+/m0/s1. The number of rotatable bonds is 5. The molecular weight excluding hydrogens is 308 g/mol. The number of ether oxygens (including phenoxy) is 2. The Hall–Kier alpha value is -2.70. The quantitative estimate of drug-likeness (QED) is 0.907. The Morgan fingerprint density at radius 2 is 2.21 bits per heavy atom. The molecule has 1 aromatic carbocycles. The highest BCUT2D eigenvalue weighted by atomic mass is 16.6. The molecule has 7 heteroatoms. The van der Waals surface area contributed by atoms with Crippen molar-refractivity contribution in [1.82, 2.24) is 20.0 Å². The lowest BCUT2D eigenvalue weighted by atomic mass is 10.2. The molecule has 2 amide bonds. The normalized spacial score (nSPS) is 17.2. The number of hydrogen-bond donors (Lipinski definition) is 1. The van der Waals surface area contributed by atoms with Gasteiger partial charge in [-0.3, -0.25) is 4.68 Å². The summed E-state index contributed by atoms with van der Waals surface area (Å²) in [4.78, 5) is 13.9. The highest BCUT2D eigenvalue weighted by molar-refractivity contribution is 5.74. The molecule has 24 heavy (non-hydrogen) atoms. The molecule has 0 unspecified atom stereocenters. The van der Waals surface area contributed by atoms with Crippen molar-refractivity contribution in [3.63, 3.8) is 0 Å².